The van der Waals surface area contributed by atoms with Gasteiger partial charge in [0.25, 0.3) is 5.91 Å². The largest absolute Gasteiger partial charge is 0.484 e. The lowest BCUT2D eigenvalue weighted by Crippen LogP contribution is -2.20. The topological polar surface area (TPSA) is 77.8 Å². The Hall–Kier alpha value is -3.48. The third-order valence-corrected chi connectivity index (χ3v) is 5.70. The number of benzene rings is 3. The Morgan fingerprint density at radius 3 is 2.67 bits per heavy atom. The predicted molar refractivity (Wildman–Crippen MR) is 129 cm³/mol. The lowest BCUT2D eigenvalue weighted by atomic mass is 10.1. The summed E-state index contributed by atoms with van der Waals surface area (Å²) in [4.78, 5) is 25.1. The molecule has 0 unspecified atom stereocenters. The number of rotatable bonds is 7. The highest BCUT2D eigenvalue weighted by Gasteiger charge is 2.13. The van der Waals surface area contributed by atoms with Crippen molar-refractivity contribution >= 4 is 45.8 Å². The number of ether oxygens (including phenoxy) is 2. The zero-order chi connectivity index (χ0) is 23.4. The molecule has 6 nitrogen and oxygen atoms in total. The van der Waals surface area contributed by atoms with Crippen molar-refractivity contribution < 1.29 is 18.7 Å². The fourth-order valence-electron chi connectivity index (χ4n) is 3.20. The zero-order valence-corrected chi connectivity index (χ0v) is 19.1. The van der Waals surface area contributed by atoms with E-state index in [-0.39, 0.29) is 22.8 Å². The van der Waals surface area contributed by atoms with Gasteiger partial charge < -0.3 is 19.2 Å². The minimum atomic E-state index is -0.418. The van der Waals surface area contributed by atoms with Crippen LogP contribution in [0.3, 0.4) is 0 Å². The van der Waals surface area contributed by atoms with Crippen LogP contribution in [0, 0.1) is 0 Å². The molecule has 0 atom stereocenters. The highest BCUT2D eigenvalue weighted by atomic mass is 35.5. The lowest BCUT2D eigenvalue weighted by Gasteiger charge is -2.11. The summed E-state index contributed by atoms with van der Waals surface area (Å²) in [5.41, 5.74) is 1.38. The van der Waals surface area contributed by atoms with Gasteiger partial charge in [-0.05, 0) is 42.3 Å². The number of aryl methyl sites for hydroxylation is 1. The molecule has 0 fully saturated rings. The Bertz CT molecular complexity index is 1380. The molecule has 1 amide bonds. The maximum atomic E-state index is 12.9. The van der Waals surface area contributed by atoms with Crippen LogP contribution in [0.1, 0.15) is 12.5 Å². The highest BCUT2D eigenvalue weighted by molar-refractivity contribution is 6.44. The fourth-order valence-corrected chi connectivity index (χ4v) is 3.55. The number of amides is 1. The summed E-state index contributed by atoms with van der Waals surface area (Å²) < 4.78 is 16.9. The van der Waals surface area contributed by atoms with Crippen LogP contribution in [0.15, 0.2) is 76.1 Å². The van der Waals surface area contributed by atoms with E-state index in [0.717, 1.165) is 12.0 Å². The predicted octanol–water partition coefficient (Wildman–Crippen LogP) is 6.47. The second-order valence-electron chi connectivity index (χ2n) is 7.09. The average Bonchev–Trinajstić information content (AvgIpc) is 2.83. The Morgan fingerprint density at radius 2 is 1.85 bits per heavy atom. The van der Waals surface area contributed by atoms with E-state index in [1.165, 1.54) is 6.26 Å². The van der Waals surface area contributed by atoms with Gasteiger partial charge in [-0.25, -0.2) is 0 Å². The Morgan fingerprint density at radius 1 is 1.03 bits per heavy atom. The van der Waals surface area contributed by atoms with Crippen molar-refractivity contribution in [3.63, 3.8) is 0 Å². The van der Waals surface area contributed by atoms with Gasteiger partial charge in [-0.15, -0.1) is 0 Å². The highest BCUT2D eigenvalue weighted by Crippen LogP contribution is 2.30. The van der Waals surface area contributed by atoms with Crippen LogP contribution in [0.2, 0.25) is 10.0 Å². The number of fused-ring (bicyclic) bond motifs is 1. The van der Waals surface area contributed by atoms with Gasteiger partial charge in [-0.3, -0.25) is 9.59 Å². The minimum Gasteiger partial charge on any atom is -0.484 e. The Labute approximate surface area is 199 Å². The molecule has 1 aromatic heterocycles. The first-order chi connectivity index (χ1) is 16.0. The van der Waals surface area contributed by atoms with Gasteiger partial charge in [0.15, 0.2) is 6.61 Å². The molecule has 0 saturated heterocycles. The molecule has 4 rings (SSSR count). The van der Waals surface area contributed by atoms with Crippen LogP contribution in [0.4, 0.5) is 5.69 Å². The summed E-state index contributed by atoms with van der Waals surface area (Å²) in [7, 11) is 0. The van der Waals surface area contributed by atoms with Crippen LogP contribution < -0.4 is 20.2 Å². The maximum Gasteiger partial charge on any atom is 0.262 e. The number of halogens is 2. The summed E-state index contributed by atoms with van der Waals surface area (Å²) in [5.74, 6) is 0.648. The lowest BCUT2D eigenvalue weighted by molar-refractivity contribution is -0.118. The normalized spacial score (nSPS) is 10.8. The van der Waals surface area contributed by atoms with Gasteiger partial charge in [-0.2, -0.15) is 0 Å². The maximum absolute atomic E-state index is 12.9. The van der Waals surface area contributed by atoms with Crippen LogP contribution in [0.25, 0.3) is 11.0 Å². The molecule has 0 aliphatic heterocycles. The van der Waals surface area contributed by atoms with Gasteiger partial charge in [0.2, 0.25) is 11.2 Å². The fraction of sp³-hybridized carbons (Fsp3) is 0.120. The first-order valence-corrected chi connectivity index (χ1v) is 10.9. The van der Waals surface area contributed by atoms with E-state index in [9.17, 15) is 9.59 Å². The molecule has 33 heavy (non-hydrogen) atoms. The molecule has 168 valence electrons. The number of nitrogens with one attached hydrogen (secondary N) is 1. The van der Waals surface area contributed by atoms with E-state index >= 15 is 0 Å². The molecule has 0 aliphatic carbocycles. The Balaban J connectivity index is 1.47. The van der Waals surface area contributed by atoms with Crippen molar-refractivity contribution in [2.24, 2.45) is 0 Å². The number of anilines is 1. The van der Waals surface area contributed by atoms with Gasteiger partial charge in [0.1, 0.15) is 23.3 Å². The molecule has 1 N–H and O–H groups in total. The first-order valence-electron chi connectivity index (χ1n) is 10.1. The van der Waals surface area contributed by atoms with Crippen LogP contribution in [-0.2, 0) is 11.2 Å². The van der Waals surface area contributed by atoms with E-state index in [1.54, 1.807) is 42.5 Å². The van der Waals surface area contributed by atoms with Crippen molar-refractivity contribution in [1.29, 1.82) is 0 Å². The van der Waals surface area contributed by atoms with Crippen molar-refractivity contribution in [3.8, 4) is 17.2 Å². The SMILES string of the molecule is CCc1ccccc1Oc1coc2cc(OCC(=O)Nc3cccc(Cl)c3Cl)ccc2c1=O. The smallest absolute Gasteiger partial charge is 0.262 e. The molecule has 0 saturated carbocycles. The monoisotopic (exact) mass is 483 g/mol. The molecular weight excluding hydrogens is 465 g/mol. The summed E-state index contributed by atoms with van der Waals surface area (Å²) in [5, 5.41) is 3.56. The second kappa shape index (κ2) is 9.98. The van der Waals surface area contributed by atoms with E-state index in [0.29, 0.717) is 33.2 Å². The first kappa shape index (κ1) is 22.7. The Kier molecular flexibility index (Phi) is 6.87. The van der Waals surface area contributed by atoms with E-state index in [4.69, 9.17) is 37.1 Å². The zero-order valence-electron chi connectivity index (χ0n) is 17.6. The number of hydrogen-bond acceptors (Lipinski definition) is 5. The quantitative estimate of drug-likeness (QED) is 0.325. The molecule has 0 spiro atoms. The number of para-hydroxylation sites is 1. The van der Waals surface area contributed by atoms with E-state index in [1.807, 2.05) is 25.1 Å². The summed E-state index contributed by atoms with van der Waals surface area (Å²) >= 11 is 12.0. The molecule has 0 radical (unpaired) electrons. The van der Waals surface area contributed by atoms with E-state index < -0.39 is 5.91 Å². The van der Waals surface area contributed by atoms with Crippen molar-refractivity contribution in [2.45, 2.75) is 13.3 Å². The molecule has 8 heteroatoms. The van der Waals surface area contributed by atoms with Crippen molar-refractivity contribution in [1.82, 2.24) is 0 Å². The third kappa shape index (κ3) is 5.13. The molecule has 0 aliphatic rings. The average molecular weight is 484 g/mol. The number of hydrogen-bond donors (Lipinski definition) is 1. The van der Waals surface area contributed by atoms with Gasteiger partial charge in [0.05, 0.1) is 21.1 Å². The van der Waals surface area contributed by atoms with Crippen molar-refractivity contribution in [3.05, 3.63) is 92.8 Å². The van der Waals surface area contributed by atoms with Gasteiger partial charge in [-0.1, -0.05) is 54.4 Å². The summed E-state index contributed by atoms with van der Waals surface area (Å²) in [6, 6.07) is 17.1. The molecular formula is C25H19Cl2NO5. The van der Waals surface area contributed by atoms with E-state index in [2.05, 4.69) is 5.32 Å². The second-order valence-corrected chi connectivity index (χ2v) is 7.87. The van der Waals surface area contributed by atoms with Gasteiger partial charge in [0, 0.05) is 6.07 Å². The van der Waals surface area contributed by atoms with Crippen LogP contribution in [-0.4, -0.2) is 12.5 Å². The minimum absolute atomic E-state index is 0.0925. The van der Waals surface area contributed by atoms with Crippen molar-refractivity contribution in [2.75, 3.05) is 11.9 Å². The van der Waals surface area contributed by atoms with Gasteiger partial charge >= 0.3 is 0 Å². The molecule has 0 bridgehead atoms. The number of carbonyl (C=O) groups excluding carboxylic acids is 1. The summed E-state index contributed by atoms with van der Waals surface area (Å²) in [6.45, 7) is 1.74. The number of carbonyl (C=O) groups is 1. The molecule has 1 heterocycles. The van der Waals surface area contributed by atoms with Crippen LogP contribution in [0.5, 0.6) is 17.2 Å². The third-order valence-electron chi connectivity index (χ3n) is 4.88. The van der Waals surface area contributed by atoms with Crippen LogP contribution >= 0.6 is 23.2 Å². The molecule has 3 aromatic carbocycles. The molecule has 4 aromatic rings. The standard InChI is InChI=1S/C25H19Cl2NO5/c1-2-15-6-3-4-9-20(15)33-22-13-32-21-12-16(10-11-17(21)25(22)30)31-14-23(29)28-19-8-5-7-18(26)24(19)27/h3-13H,2,14H2,1H3,(H,28,29). The summed E-state index contributed by atoms with van der Waals surface area (Å²) in [6.07, 6.45) is 2.04.